The van der Waals surface area contributed by atoms with Gasteiger partial charge in [-0.3, -0.25) is 0 Å². The molecule has 0 fully saturated rings. The molecule has 2 N–H and O–H groups in total. The minimum absolute atomic E-state index is 0.480. The lowest BCUT2D eigenvalue weighted by Gasteiger charge is -2.16. The SMILES string of the molecule is Cc1ccc(CNCC(O)c2ccc(N(C)C)cc2)cc1. The number of nitrogens with zero attached hydrogens (tertiary/aromatic N) is 1. The molecule has 2 rings (SSSR count). The molecule has 0 aromatic heterocycles. The van der Waals surface area contributed by atoms with Gasteiger partial charge < -0.3 is 15.3 Å². The number of benzene rings is 2. The largest absolute Gasteiger partial charge is 0.387 e. The average Bonchev–Trinajstić information content (AvgIpc) is 2.49. The maximum atomic E-state index is 10.2. The molecule has 0 heterocycles. The molecule has 3 heteroatoms. The van der Waals surface area contributed by atoms with Crippen molar-refractivity contribution in [3.05, 3.63) is 65.2 Å². The Balaban J connectivity index is 1.83. The first-order valence-electron chi connectivity index (χ1n) is 7.28. The Morgan fingerprint density at radius 2 is 1.62 bits per heavy atom. The number of aryl methyl sites for hydroxylation is 1. The van der Waals surface area contributed by atoms with E-state index >= 15 is 0 Å². The fourth-order valence-electron chi connectivity index (χ4n) is 2.17. The first-order chi connectivity index (χ1) is 10.1. The highest BCUT2D eigenvalue weighted by molar-refractivity contribution is 5.46. The number of hydrogen-bond donors (Lipinski definition) is 2. The summed E-state index contributed by atoms with van der Waals surface area (Å²) in [6.07, 6.45) is -0.480. The van der Waals surface area contributed by atoms with E-state index in [1.54, 1.807) is 0 Å². The van der Waals surface area contributed by atoms with Crippen LogP contribution in [0.3, 0.4) is 0 Å². The highest BCUT2D eigenvalue weighted by atomic mass is 16.3. The molecule has 0 aliphatic heterocycles. The summed E-state index contributed by atoms with van der Waals surface area (Å²) in [5, 5.41) is 13.5. The van der Waals surface area contributed by atoms with Crippen molar-refractivity contribution in [3.63, 3.8) is 0 Å². The van der Waals surface area contributed by atoms with E-state index in [4.69, 9.17) is 0 Å². The summed E-state index contributed by atoms with van der Waals surface area (Å²) in [7, 11) is 4.02. The molecule has 3 nitrogen and oxygen atoms in total. The van der Waals surface area contributed by atoms with Gasteiger partial charge >= 0.3 is 0 Å². The molecule has 1 atom stereocenters. The monoisotopic (exact) mass is 284 g/mol. The zero-order valence-corrected chi connectivity index (χ0v) is 13.0. The molecule has 0 amide bonds. The summed E-state index contributed by atoms with van der Waals surface area (Å²) >= 11 is 0. The van der Waals surface area contributed by atoms with E-state index in [0.29, 0.717) is 6.54 Å². The van der Waals surface area contributed by atoms with Crippen LogP contribution in [0.2, 0.25) is 0 Å². The highest BCUT2D eigenvalue weighted by Gasteiger charge is 2.07. The Labute approximate surface area is 127 Å². The van der Waals surface area contributed by atoms with Gasteiger partial charge in [0.05, 0.1) is 6.10 Å². The molecule has 112 valence electrons. The average molecular weight is 284 g/mol. The summed E-state index contributed by atoms with van der Waals surface area (Å²) < 4.78 is 0. The third-order valence-electron chi connectivity index (χ3n) is 3.58. The van der Waals surface area contributed by atoms with Crippen LogP contribution in [0.1, 0.15) is 22.8 Å². The molecule has 21 heavy (non-hydrogen) atoms. The van der Waals surface area contributed by atoms with Gasteiger partial charge in [-0.05, 0) is 30.2 Å². The Hall–Kier alpha value is -1.84. The first kappa shape index (κ1) is 15.5. The lowest BCUT2D eigenvalue weighted by Crippen LogP contribution is -2.21. The summed E-state index contributed by atoms with van der Waals surface area (Å²) in [6, 6.07) is 16.4. The molecule has 0 aliphatic carbocycles. The number of nitrogens with one attached hydrogen (secondary N) is 1. The maximum absolute atomic E-state index is 10.2. The molecule has 0 bridgehead atoms. The van der Waals surface area contributed by atoms with Crippen molar-refractivity contribution in [2.24, 2.45) is 0 Å². The first-order valence-corrected chi connectivity index (χ1v) is 7.28. The lowest BCUT2D eigenvalue weighted by molar-refractivity contribution is 0.174. The van der Waals surface area contributed by atoms with Gasteiger partial charge in [0.1, 0.15) is 0 Å². The van der Waals surface area contributed by atoms with Crippen molar-refractivity contribution in [2.45, 2.75) is 19.6 Å². The van der Waals surface area contributed by atoms with Crippen LogP contribution in [0.25, 0.3) is 0 Å². The Bertz CT molecular complexity index is 546. The van der Waals surface area contributed by atoms with Crippen molar-refractivity contribution in [1.82, 2.24) is 5.32 Å². The quantitative estimate of drug-likeness (QED) is 0.856. The van der Waals surface area contributed by atoms with Crippen LogP contribution in [-0.4, -0.2) is 25.7 Å². The second-order valence-corrected chi connectivity index (χ2v) is 5.62. The smallest absolute Gasteiger partial charge is 0.0914 e. The summed E-state index contributed by atoms with van der Waals surface area (Å²) in [5.41, 5.74) is 4.58. The zero-order chi connectivity index (χ0) is 15.2. The van der Waals surface area contributed by atoms with Crippen LogP contribution in [0.4, 0.5) is 5.69 Å². The molecule has 1 unspecified atom stereocenters. The van der Waals surface area contributed by atoms with E-state index in [2.05, 4.69) is 36.5 Å². The fourth-order valence-corrected chi connectivity index (χ4v) is 2.17. The Morgan fingerprint density at radius 3 is 2.19 bits per heavy atom. The normalized spacial score (nSPS) is 12.2. The zero-order valence-electron chi connectivity index (χ0n) is 13.0. The summed E-state index contributed by atoms with van der Waals surface area (Å²) in [5.74, 6) is 0. The molecule has 2 aromatic carbocycles. The summed E-state index contributed by atoms with van der Waals surface area (Å²) in [4.78, 5) is 2.05. The van der Waals surface area contributed by atoms with Crippen molar-refractivity contribution in [3.8, 4) is 0 Å². The van der Waals surface area contributed by atoms with E-state index in [-0.39, 0.29) is 0 Å². The lowest BCUT2D eigenvalue weighted by atomic mass is 10.1. The van der Waals surface area contributed by atoms with Crippen LogP contribution in [0.15, 0.2) is 48.5 Å². The van der Waals surface area contributed by atoms with Crippen molar-refractivity contribution >= 4 is 5.69 Å². The fraction of sp³-hybridized carbons (Fsp3) is 0.333. The molecule has 0 aliphatic rings. The molecule has 2 aromatic rings. The van der Waals surface area contributed by atoms with E-state index in [0.717, 1.165) is 17.8 Å². The number of hydrogen-bond acceptors (Lipinski definition) is 3. The molecule has 0 spiro atoms. The van der Waals surface area contributed by atoms with Gasteiger partial charge in [-0.1, -0.05) is 42.0 Å². The second-order valence-electron chi connectivity index (χ2n) is 5.62. The maximum Gasteiger partial charge on any atom is 0.0914 e. The number of aliphatic hydroxyl groups excluding tert-OH is 1. The van der Waals surface area contributed by atoms with Crippen LogP contribution in [0.5, 0.6) is 0 Å². The molecule has 0 saturated carbocycles. The van der Waals surface area contributed by atoms with Gasteiger partial charge in [-0.15, -0.1) is 0 Å². The molecule has 0 radical (unpaired) electrons. The van der Waals surface area contributed by atoms with Crippen molar-refractivity contribution in [2.75, 3.05) is 25.5 Å². The summed E-state index contributed by atoms with van der Waals surface area (Å²) in [6.45, 7) is 3.40. The number of anilines is 1. The minimum Gasteiger partial charge on any atom is -0.387 e. The molecule has 0 saturated heterocycles. The second kappa shape index (κ2) is 7.25. The number of rotatable bonds is 6. The number of aliphatic hydroxyl groups is 1. The standard InChI is InChI=1S/C18H24N2O/c1-14-4-6-15(7-5-14)12-19-13-18(21)16-8-10-17(11-9-16)20(2)3/h4-11,18-19,21H,12-13H2,1-3H3. The topological polar surface area (TPSA) is 35.5 Å². The van der Waals surface area contributed by atoms with Gasteiger partial charge in [0.2, 0.25) is 0 Å². The van der Waals surface area contributed by atoms with Crippen LogP contribution in [0, 0.1) is 6.92 Å². The predicted molar refractivity (Wildman–Crippen MR) is 88.6 cm³/mol. The predicted octanol–water partition coefficient (Wildman–Crippen LogP) is 2.88. The van der Waals surface area contributed by atoms with E-state index in [9.17, 15) is 5.11 Å². The van der Waals surface area contributed by atoms with Gasteiger partial charge in [0.15, 0.2) is 0 Å². The van der Waals surface area contributed by atoms with Crippen LogP contribution >= 0.6 is 0 Å². The highest BCUT2D eigenvalue weighted by Crippen LogP contribution is 2.17. The molecular weight excluding hydrogens is 260 g/mol. The van der Waals surface area contributed by atoms with Crippen molar-refractivity contribution < 1.29 is 5.11 Å². The third kappa shape index (κ3) is 4.59. The van der Waals surface area contributed by atoms with Crippen LogP contribution in [-0.2, 0) is 6.54 Å². The Kier molecular flexibility index (Phi) is 5.37. The van der Waals surface area contributed by atoms with E-state index in [1.807, 2.05) is 43.3 Å². The van der Waals surface area contributed by atoms with Gasteiger partial charge in [-0.25, -0.2) is 0 Å². The van der Waals surface area contributed by atoms with E-state index < -0.39 is 6.10 Å². The third-order valence-corrected chi connectivity index (χ3v) is 3.58. The van der Waals surface area contributed by atoms with Crippen LogP contribution < -0.4 is 10.2 Å². The minimum atomic E-state index is -0.480. The van der Waals surface area contributed by atoms with Gasteiger partial charge in [-0.2, -0.15) is 0 Å². The van der Waals surface area contributed by atoms with Gasteiger partial charge in [0.25, 0.3) is 0 Å². The molecular formula is C18H24N2O. The van der Waals surface area contributed by atoms with Crippen molar-refractivity contribution in [1.29, 1.82) is 0 Å². The van der Waals surface area contributed by atoms with E-state index in [1.165, 1.54) is 11.1 Å². The Morgan fingerprint density at radius 1 is 1.00 bits per heavy atom. The van der Waals surface area contributed by atoms with Gasteiger partial charge in [0, 0.05) is 32.9 Å².